The van der Waals surface area contributed by atoms with Gasteiger partial charge in [-0.25, -0.2) is 9.97 Å². The molecule has 7 nitrogen and oxygen atoms in total. The molecule has 6 radical (unpaired) electrons. The van der Waals surface area contributed by atoms with Gasteiger partial charge in [-0.15, -0.1) is 5.11 Å². The lowest BCUT2D eigenvalue weighted by atomic mass is 9.32. The number of amides is 1. The molecule has 2 aromatic heterocycles. The monoisotopic (exact) mass is 447 g/mol. The number of ether oxygens (including phenoxy) is 1. The Kier molecular flexibility index (Phi) is 5.29. The van der Waals surface area contributed by atoms with Crippen LogP contribution in [-0.4, -0.2) is 58.1 Å². The van der Waals surface area contributed by atoms with Gasteiger partial charge in [0.1, 0.15) is 10.0 Å². The van der Waals surface area contributed by atoms with Crippen molar-refractivity contribution in [1.82, 2.24) is 20.3 Å². The number of nitrogens with zero attached hydrogens (tertiary/aromatic N) is 3. The number of carbonyl (C=O) groups excluding carboxylic acids is 1. The highest BCUT2D eigenvalue weighted by Gasteiger charge is 2.53. The van der Waals surface area contributed by atoms with Crippen LogP contribution in [0.15, 0.2) is 10.7 Å². The minimum absolute atomic E-state index is 0.124. The zero-order chi connectivity index (χ0) is 19.1. The Morgan fingerprint density at radius 3 is 2.77 bits per heavy atom. The molecule has 1 aliphatic heterocycles. The van der Waals surface area contributed by atoms with Gasteiger partial charge in [0.15, 0.2) is 5.15 Å². The molecule has 128 valence electrons. The second-order valence-corrected chi connectivity index (χ2v) is 7.87. The van der Waals surface area contributed by atoms with Crippen LogP contribution in [0.25, 0.3) is 0 Å². The summed E-state index contributed by atoms with van der Waals surface area (Å²) in [5.74, 6) is 0.204. The first-order valence-corrected chi connectivity index (χ1v) is 9.33. The number of halogens is 2. The molecule has 2 aromatic rings. The number of thiazole rings is 1. The van der Waals surface area contributed by atoms with E-state index in [4.69, 9.17) is 39.9 Å². The number of rotatable bonds is 5. The summed E-state index contributed by atoms with van der Waals surface area (Å²) >= 11 is 10.6. The summed E-state index contributed by atoms with van der Waals surface area (Å²) in [6.45, 7) is 0.388. The number of hydrogen-bond acceptors (Lipinski definition) is 7. The topological polar surface area (TPSA) is 89.0 Å². The number of anilines is 2. The van der Waals surface area contributed by atoms with E-state index >= 15 is 0 Å². The number of carbonyl (C=O) groups is 1. The fourth-order valence-electron chi connectivity index (χ4n) is 2.65. The number of hydrogen-bond donors (Lipinski definition) is 2. The fourth-order valence-corrected chi connectivity index (χ4v) is 4.45. The van der Waals surface area contributed by atoms with Crippen LogP contribution in [0, 0.1) is 0 Å². The third-order valence-corrected chi connectivity index (χ3v) is 6.06. The van der Waals surface area contributed by atoms with Crippen LogP contribution in [0.2, 0.25) is 10.3 Å². The zero-order valence-electron chi connectivity index (χ0n) is 13.5. The Morgan fingerprint density at radius 2 is 2.19 bits per heavy atom. The van der Waals surface area contributed by atoms with Crippen molar-refractivity contribution in [2.45, 2.75) is 16.9 Å². The van der Waals surface area contributed by atoms with E-state index in [1.165, 1.54) is 13.3 Å². The van der Waals surface area contributed by atoms with Crippen molar-refractivity contribution >= 4 is 79.3 Å². The molecule has 0 unspecified atom stereocenters. The molecule has 0 spiro atoms. The lowest BCUT2D eigenvalue weighted by Crippen LogP contribution is -2.47. The highest BCUT2D eigenvalue weighted by atomic mass is 79.9. The van der Waals surface area contributed by atoms with Gasteiger partial charge in [-0.2, -0.15) is 4.98 Å². The normalized spacial score (nSPS) is 20.0. The zero-order valence-corrected chi connectivity index (χ0v) is 16.7. The van der Waals surface area contributed by atoms with Crippen LogP contribution in [0.5, 0.6) is 5.88 Å². The van der Waals surface area contributed by atoms with Crippen molar-refractivity contribution < 1.29 is 9.53 Å². The Morgan fingerprint density at radius 1 is 1.46 bits per heavy atom. The Hall–Kier alpha value is -1.26. The summed E-state index contributed by atoms with van der Waals surface area (Å²) in [4.78, 5) is 25.0. The van der Waals surface area contributed by atoms with Gasteiger partial charge in [-0.05, 0) is 22.4 Å². The first kappa shape index (κ1) is 19.5. The molecule has 26 heavy (non-hydrogen) atoms. The van der Waals surface area contributed by atoms with Crippen molar-refractivity contribution in [3.8, 4) is 5.88 Å². The summed E-state index contributed by atoms with van der Waals surface area (Å²) in [6.07, 6.45) is 1.84. The summed E-state index contributed by atoms with van der Waals surface area (Å²) < 4.78 is 5.73. The molecule has 1 saturated heterocycles. The molecular formula is C13H10B3BrClN5O2S. The van der Waals surface area contributed by atoms with E-state index in [1.807, 2.05) is 0 Å². The number of methoxy groups -OCH3 is 1. The van der Waals surface area contributed by atoms with Crippen molar-refractivity contribution in [3.63, 3.8) is 0 Å². The summed E-state index contributed by atoms with van der Waals surface area (Å²) in [5, 5.41) is 4.70. The van der Waals surface area contributed by atoms with E-state index in [2.05, 4.69) is 41.5 Å². The van der Waals surface area contributed by atoms with Crippen molar-refractivity contribution in [2.75, 3.05) is 19.0 Å². The molecular weight excluding hydrogens is 438 g/mol. The van der Waals surface area contributed by atoms with Crippen LogP contribution >= 0.6 is 38.9 Å². The van der Waals surface area contributed by atoms with E-state index in [0.717, 1.165) is 11.3 Å². The highest BCUT2D eigenvalue weighted by molar-refractivity contribution is 9.10. The fraction of sp³-hybridized carbons (Fsp3) is 0.385. The first-order chi connectivity index (χ1) is 12.2. The van der Waals surface area contributed by atoms with E-state index < -0.39 is 10.5 Å². The second kappa shape index (κ2) is 7.05. The maximum absolute atomic E-state index is 12.4. The molecule has 13 heteroatoms. The lowest BCUT2D eigenvalue weighted by Gasteiger charge is -2.39. The number of nitrogens with one attached hydrogen (secondary N) is 2. The number of aromatic nitrogens is 3. The molecule has 0 saturated carbocycles. The molecule has 1 atom stereocenters. The minimum atomic E-state index is -1.80. The van der Waals surface area contributed by atoms with Gasteiger partial charge in [-0.1, -0.05) is 22.9 Å². The van der Waals surface area contributed by atoms with E-state index in [0.29, 0.717) is 33.3 Å². The molecule has 0 aliphatic carbocycles. The van der Waals surface area contributed by atoms with Crippen LogP contribution in [0.1, 0.15) is 11.4 Å². The predicted molar refractivity (Wildman–Crippen MR) is 106 cm³/mol. The molecule has 1 aliphatic rings. The van der Waals surface area contributed by atoms with Crippen LogP contribution in [-0.2, 0) is 10.2 Å². The Labute approximate surface area is 171 Å². The maximum Gasteiger partial charge on any atom is 0.232 e. The van der Waals surface area contributed by atoms with Crippen LogP contribution in [0.4, 0.5) is 10.9 Å². The van der Waals surface area contributed by atoms with Crippen LogP contribution < -0.4 is 15.4 Å². The van der Waals surface area contributed by atoms with Gasteiger partial charge in [0.25, 0.3) is 0 Å². The van der Waals surface area contributed by atoms with Gasteiger partial charge in [0, 0.05) is 6.54 Å². The highest BCUT2D eigenvalue weighted by Crippen LogP contribution is 2.49. The Balaban J connectivity index is 1.98. The average Bonchev–Trinajstić information content (AvgIpc) is 3.12. The quantitative estimate of drug-likeness (QED) is 0.674. The van der Waals surface area contributed by atoms with Crippen molar-refractivity contribution in [2.24, 2.45) is 0 Å². The minimum Gasteiger partial charge on any atom is -0.480 e. The van der Waals surface area contributed by atoms with Gasteiger partial charge in [-0.3, -0.25) is 4.79 Å². The molecule has 3 heterocycles. The lowest BCUT2D eigenvalue weighted by molar-refractivity contribution is -0.123. The molecule has 2 N–H and O–H groups in total. The second-order valence-electron chi connectivity index (χ2n) is 5.66. The smallest absolute Gasteiger partial charge is 0.232 e. The van der Waals surface area contributed by atoms with Crippen LogP contribution in [0.3, 0.4) is 0 Å². The standard InChI is InChI=1S/C13H10B3BrClN5O2S/c1-25-7-5(17)4-20-11(22-7)23-8-6(18)21-10(26-8)12(13(14,15)16)2-3-19-9(12)24/h4H,2-3H2,1H3,(H,19,24)(H,20,22,23)/t12-/m1/s1. The van der Waals surface area contributed by atoms with E-state index in [1.54, 1.807) is 0 Å². The van der Waals surface area contributed by atoms with E-state index in [-0.39, 0.29) is 17.0 Å². The van der Waals surface area contributed by atoms with Crippen molar-refractivity contribution in [1.29, 1.82) is 0 Å². The van der Waals surface area contributed by atoms with Gasteiger partial charge < -0.3 is 15.4 Å². The van der Waals surface area contributed by atoms with Crippen molar-refractivity contribution in [3.05, 3.63) is 20.8 Å². The van der Waals surface area contributed by atoms with E-state index in [9.17, 15) is 4.79 Å². The largest absolute Gasteiger partial charge is 0.480 e. The third kappa shape index (κ3) is 3.23. The Bertz CT molecular complexity index is 865. The summed E-state index contributed by atoms with van der Waals surface area (Å²) in [5.41, 5.74) is -1.38. The summed E-state index contributed by atoms with van der Waals surface area (Å²) in [6, 6.07) is 0. The first-order valence-electron chi connectivity index (χ1n) is 7.34. The molecule has 1 fully saturated rings. The average molecular weight is 448 g/mol. The third-order valence-electron chi connectivity index (χ3n) is 3.99. The van der Waals surface area contributed by atoms with Gasteiger partial charge in [0.05, 0.1) is 46.7 Å². The van der Waals surface area contributed by atoms with Gasteiger partial charge >= 0.3 is 0 Å². The maximum atomic E-state index is 12.4. The predicted octanol–water partition coefficient (Wildman–Crippen LogP) is 1.44. The molecule has 0 aromatic carbocycles. The molecule has 3 rings (SSSR count). The summed E-state index contributed by atoms with van der Waals surface area (Å²) in [7, 11) is 19.2. The molecule has 1 amide bonds. The SMILES string of the molecule is [B]C([B])([B])[C@]1(c2nc(Cl)c(Nc3ncc(Br)c(OC)n3)s2)CCNC1=O. The van der Waals surface area contributed by atoms with Gasteiger partial charge in [0.2, 0.25) is 17.7 Å². The molecule has 0 bridgehead atoms.